The molecule has 1 heterocycles. The first-order valence-electron chi connectivity index (χ1n) is 6.31. The van der Waals surface area contributed by atoms with E-state index in [0.29, 0.717) is 12.1 Å². The van der Waals surface area contributed by atoms with Crippen molar-refractivity contribution in [2.24, 2.45) is 0 Å². The van der Waals surface area contributed by atoms with Gasteiger partial charge in [-0.1, -0.05) is 0 Å². The van der Waals surface area contributed by atoms with Gasteiger partial charge in [0.05, 0.1) is 6.10 Å². The average Bonchev–Trinajstić information content (AvgIpc) is 2.51. The second-order valence-corrected chi connectivity index (χ2v) is 5.27. The van der Waals surface area contributed by atoms with E-state index in [9.17, 15) is 5.11 Å². The second-order valence-electron chi connectivity index (χ2n) is 5.27. The molecule has 1 unspecified atom stereocenters. The van der Waals surface area contributed by atoms with E-state index in [-0.39, 0.29) is 6.10 Å². The van der Waals surface area contributed by atoms with E-state index in [0.717, 1.165) is 19.5 Å². The van der Waals surface area contributed by atoms with Crippen LogP contribution in [0.1, 0.15) is 32.6 Å². The zero-order valence-corrected chi connectivity index (χ0v) is 10.0. The van der Waals surface area contributed by atoms with Gasteiger partial charge in [0.1, 0.15) is 0 Å². The van der Waals surface area contributed by atoms with Crippen molar-refractivity contribution < 1.29 is 5.11 Å². The molecule has 15 heavy (non-hydrogen) atoms. The van der Waals surface area contributed by atoms with Crippen LogP contribution in [0, 0.1) is 0 Å². The molecule has 2 rings (SSSR count). The predicted octanol–water partition coefficient (Wildman–Crippen LogP) is 0.926. The van der Waals surface area contributed by atoms with Crippen molar-refractivity contribution in [1.82, 2.24) is 9.80 Å². The van der Waals surface area contributed by atoms with E-state index >= 15 is 0 Å². The Bertz CT molecular complexity index is 210. The Kier molecular flexibility index (Phi) is 3.65. The third-order valence-electron chi connectivity index (χ3n) is 3.97. The van der Waals surface area contributed by atoms with E-state index in [1.54, 1.807) is 0 Å². The summed E-state index contributed by atoms with van der Waals surface area (Å²) >= 11 is 0. The molecule has 2 fully saturated rings. The molecule has 3 nitrogen and oxygen atoms in total. The summed E-state index contributed by atoms with van der Waals surface area (Å²) in [6.07, 6.45) is 4.56. The van der Waals surface area contributed by atoms with Gasteiger partial charge < -0.3 is 10.0 Å². The largest absolute Gasteiger partial charge is 0.391 e. The van der Waals surface area contributed by atoms with Crippen LogP contribution in [-0.2, 0) is 0 Å². The van der Waals surface area contributed by atoms with E-state index in [2.05, 4.69) is 23.8 Å². The van der Waals surface area contributed by atoms with Crippen molar-refractivity contribution in [3.63, 3.8) is 0 Å². The molecular formula is C12H24N2O. The van der Waals surface area contributed by atoms with Gasteiger partial charge in [-0.2, -0.15) is 0 Å². The van der Waals surface area contributed by atoms with Crippen molar-refractivity contribution in [3.05, 3.63) is 0 Å². The number of rotatable bonds is 1. The van der Waals surface area contributed by atoms with Crippen molar-refractivity contribution in [2.45, 2.75) is 50.8 Å². The lowest BCUT2D eigenvalue weighted by Gasteiger charge is -2.35. The summed E-state index contributed by atoms with van der Waals surface area (Å²) in [7, 11) is 2.20. The molecule has 1 saturated heterocycles. The Labute approximate surface area is 93.1 Å². The van der Waals surface area contributed by atoms with Gasteiger partial charge in [0.2, 0.25) is 0 Å². The predicted molar refractivity (Wildman–Crippen MR) is 61.9 cm³/mol. The van der Waals surface area contributed by atoms with Gasteiger partial charge in [-0.25, -0.2) is 0 Å². The first kappa shape index (κ1) is 11.4. The molecule has 0 amide bonds. The highest BCUT2D eigenvalue weighted by atomic mass is 16.3. The maximum absolute atomic E-state index is 9.96. The Balaban J connectivity index is 2.00. The molecule has 0 radical (unpaired) electrons. The highest BCUT2D eigenvalue weighted by Crippen LogP contribution is 2.27. The van der Waals surface area contributed by atoms with E-state index in [1.165, 1.54) is 25.8 Å². The summed E-state index contributed by atoms with van der Waals surface area (Å²) in [6.45, 7) is 5.80. The second kappa shape index (κ2) is 4.81. The molecule has 1 N–H and O–H groups in total. The highest BCUT2D eigenvalue weighted by Gasteiger charge is 2.34. The van der Waals surface area contributed by atoms with Crippen LogP contribution in [0.25, 0.3) is 0 Å². The number of hydrogen-bond acceptors (Lipinski definition) is 3. The molecule has 0 aromatic carbocycles. The molecule has 3 heteroatoms. The van der Waals surface area contributed by atoms with Crippen LogP contribution < -0.4 is 0 Å². The van der Waals surface area contributed by atoms with Crippen molar-refractivity contribution >= 4 is 0 Å². The Hall–Kier alpha value is -0.120. The first-order chi connectivity index (χ1) is 7.18. The number of likely N-dealkylation sites (N-methyl/N-ethyl adjacent to an activating group) is 1. The van der Waals surface area contributed by atoms with E-state index < -0.39 is 0 Å². The van der Waals surface area contributed by atoms with Gasteiger partial charge in [0.25, 0.3) is 0 Å². The smallest absolute Gasteiger partial charge is 0.0695 e. The van der Waals surface area contributed by atoms with E-state index in [1.807, 2.05) is 0 Å². The van der Waals surface area contributed by atoms with Crippen LogP contribution >= 0.6 is 0 Å². The lowest BCUT2D eigenvalue weighted by atomic mass is 10.1. The molecule has 0 aromatic heterocycles. The van der Waals surface area contributed by atoms with Crippen LogP contribution in [-0.4, -0.2) is 59.8 Å². The standard InChI is InChI=1S/C12H24N2O/c1-10-9-13(2)7-4-8-14(10)11-5-3-6-12(11)15/h10-12,15H,3-9H2,1-2H3/t10?,11-,12-/m1/s1. The average molecular weight is 212 g/mol. The fourth-order valence-electron chi connectivity index (χ4n) is 3.19. The monoisotopic (exact) mass is 212 g/mol. The van der Waals surface area contributed by atoms with Gasteiger partial charge in [-0.15, -0.1) is 0 Å². The molecule has 0 bridgehead atoms. The maximum Gasteiger partial charge on any atom is 0.0695 e. The number of aliphatic hydroxyl groups is 1. The van der Waals surface area contributed by atoms with Crippen molar-refractivity contribution in [3.8, 4) is 0 Å². The van der Waals surface area contributed by atoms with E-state index in [4.69, 9.17) is 0 Å². The fourth-order valence-corrected chi connectivity index (χ4v) is 3.19. The summed E-state index contributed by atoms with van der Waals surface area (Å²) in [5, 5.41) is 9.96. The van der Waals surface area contributed by atoms with Gasteiger partial charge in [-0.05, 0) is 46.2 Å². The van der Waals surface area contributed by atoms with Gasteiger partial charge in [0, 0.05) is 25.2 Å². The lowest BCUT2D eigenvalue weighted by molar-refractivity contribution is 0.0490. The number of hydrogen-bond donors (Lipinski definition) is 1. The van der Waals surface area contributed by atoms with Crippen LogP contribution in [0.4, 0.5) is 0 Å². The lowest BCUT2D eigenvalue weighted by Crippen LogP contribution is -2.47. The Morgan fingerprint density at radius 3 is 2.60 bits per heavy atom. The quantitative estimate of drug-likeness (QED) is 0.700. The molecular weight excluding hydrogens is 188 g/mol. The molecule has 0 aromatic rings. The SMILES string of the molecule is CC1CN(C)CCCN1[C@@H]1CCC[C@H]1O. The third-order valence-corrected chi connectivity index (χ3v) is 3.97. The molecule has 3 atom stereocenters. The van der Waals surface area contributed by atoms with Crippen molar-refractivity contribution in [2.75, 3.05) is 26.7 Å². The fraction of sp³-hybridized carbons (Fsp3) is 1.00. The third kappa shape index (κ3) is 2.52. The summed E-state index contributed by atoms with van der Waals surface area (Å²) in [5.74, 6) is 0. The maximum atomic E-state index is 9.96. The Morgan fingerprint density at radius 1 is 1.13 bits per heavy atom. The molecule has 1 aliphatic heterocycles. The normalized spacial score (nSPS) is 40.6. The molecule has 0 spiro atoms. The topological polar surface area (TPSA) is 26.7 Å². The highest BCUT2D eigenvalue weighted by molar-refractivity contribution is 4.89. The molecule has 1 aliphatic carbocycles. The molecule has 88 valence electrons. The number of aliphatic hydroxyl groups excluding tert-OH is 1. The first-order valence-corrected chi connectivity index (χ1v) is 6.31. The minimum Gasteiger partial charge on any atom is -0.391 e. The molecule has 2 aliphatic rings. The Morgan fingerprint density at radius 2 is 1.93 bits per heavy atom. The van der Waals surface area contributed by atoms with Gasteiger partial charge in [0.15, 0.2) is 0 Å². The van der Waals surface area contributed by atoms with Crippen LogP contribution in [0.15, 0.2) is 0 Å². The minimum atomic E-state index is -0.0733. The minimum absolute atomic E-state index is 0.0733. The van der Waals surface area contributed by atoms with Crippen LogP contribution in [0.2, 0.25) is 0 Å². The van der Waals surface area contributed by atoms with Gasteiger partial charge in [-0.3, -0.25) is 4.90 Å². The zero-order chi connectivity index (χ0) is 10.8. The van der Waals surface area contributed by atoms with Crippen molar-refractivity contribution in [1.29, 1.82) is 0 Å². The summed E-state index contributed by atoms with van der Waals surface area (Å²) in [4.78, 5) is 4.95. The van der Waals surface area contributed by atoms with Crippen LogP contribution in [0.3, 0.4) is 0 Å². The zero-order valence-electron chi connectivity index (χ0n) is 10.0. The van der Waals surface area contributed by atoms with Crippen LogP contribution in [0.5, 0.6) is 0 Å². The summed E-state index contributed by atoms with van der Waals surface area (Å²) in [6, 6.07) is 1.03. The summed E-state index contributed by atoms with van der Waals surface area (Å²) < 4.78 is 0. The summed E-state index contributed by atoms with van der Waals surface area (Å²) in [5.41, 5.74) is 0. The number of nitrogens with zero attached hydrogens (tertiary/aromatic N) is 2. The molecule has 1 saturated carbocycles. The van der Waals surface area contributed by atoms with Gasteiger partial charge >= 0.3 is 0 Å².